The van der Waals surface area contributed by atoms with Crippen molar-refractivity contribution >= 4 is 17.3 Å². The average molecular weight is 295 g/mol. The number of carbonyl (C=O) groups is 1. The fraction of sp³-hybridized carbons (Fsp3) is 0.462. The van der Waals surface area contributed by atoms with Crippen LogP contribution in [0.25, 0.3) is 11.5 Å². The van der Waals surface area contributed by atoms with Crippen LogP contribution in [0.3, 0.4) is 0 Å². The van der Waals surface area contributed by atoms with Crippen LogP contribution in [0, 0.1) is 0 Å². The molecule has 1 unspecified atom stereocenters. The van der Waals surface area contributed by atoms with Gasteiger partial charge in [-0.05, 0) is 24.8 Å². The molecule has 2 heterocycles. The highest BCUT2D eigenvalue weighted by molar-refractivity contribution is 7.08. The Morgan fingerprint density at radius 3 is 3.00 bits per heavy atom. The van der Waals surface area contributed by atoms with Crippen LogP contribution < -0.4 is 5.32 Å². The van der Waals surface area contributed by atoms with Gasteiger partial charge in [0, 0.05) is 5.38 Å². The minimum absolute atomic E-state index is 0.260. The molecule has 2 aromatic heterocycles. The largest absolute Gasteiger partial charge is 0.480 e. The summed E-state index contributed by atoms with van der Waals surface area (Å²) in [5, 5.41) is 20.0. The molecular formula is C13H17N3O3S. The molecule has 0 radical (unpaired) electrons. The van der Waals surface area contributed by atoms with Crippen LogP contribution in [0.5, 0.6) is 0 Å². The molecule has 6 nitrogen and oxygen atoms in total. The molecule has 2 rings (SSSR count). The monoisotopic (exact) mass is 295 g/mol. The van der Waals surface area contributed by atoms with Gasteiger partial charge >= 0.3 is 5.97 Å². The lowest BCUT2D eigenvalue weighted by molar-refractivity contribution is -0.144. The second kappa shape index (κ2) is 6.15. The number of hydrogen-bond acceptors (Lipinski definition) is 6. The molecule has 0 aromatic carbocycles. The maximum absolute atomic E-state index is 11.3. The van der Waals surface area contributed by atoms with Crippen molar-refractivity contribution in [2.45, 2.75) is 38.8 Å². The molecule has 2 N–H and O–H groups in total. The third-order valence-corrected chi connectivity index (χ3v) is 3.78. The summed E-state index contributed by atoms with van der Waals surface area (Å²) in [5.41, 5.74) is -0.0962. The zero-order valence-electron chi connectivity index (χ0n) is 11.4. The van der Waals surface area contributed by atoms with Crippen molar-refractivity contribution in [1.29, 1.82) is 0 Å². The first kappa shape index (κ1) is 14.7. The van der Waals surface area contributed by atoms with E-state index in [9.17, 15) is 9.90 Å². The predicted octanol–water partition coefficient (Wildman–Crippen LogP) is 2.53. The maximum atomic E-state index is 11.3. The van der Waals surface area contributed by atoms with Crippen molar-refractivity contribution in [3.8, 4) is 11.5 Å². The molecule has 0 spiro atoms. The average Bonchev–Trinajstić information content (AvgIpc) is 3.07. The zero-order chi connectivity index (χ0) is 14.6. The minimum atomic E-state index is -0.974. The Labute approximate surface area is 120 Å². The van der Waals surface area contributed by atoms with Crippen LogP contribution in [0.4, 0.5) is 0 Å². The van der Waals surface area contributed by atoms with Crippen LogP contribution >= 0.6 is 11.3 Å². The molecule has 0 saturated carbocycles. The summed E-state index contributed by atoms with van der Waals surface area (Å²) < 4.78 is 5.15. The van der Waals surface area contributed by atoms with Crippen LogP contribution in [-0.2, 0) is 11.3 Å². The molecule has 7 heteroatoms. The summed E-state index contributed by atoms with van der Waals surface area (Å²) in [6, 6.07) is 1.90. The van der Waals surface area contributed by atoms with Crippen molar-refractivity contribution in [3.63, 3.8) is 0 Å². The second-order valence-electron chi connectivity index (χ2n) is 4.77. The van der Waals surface area contributed by atoms with E-state index in [1.54, 1.807) is 18.3 Å². The van der Waals surface area contributed by atoms with E-state index < -0.39 is 11.5 Å². The Balaban J connectivity index is 2.02. The van der Waals surface area contributed by atoms with E-state index in [4.69, 9.17) is 4.52 Å². The number of nitrogens with one attached hydrogen (secondary N) is 1. The van der Waals surface area contributed by atoms with Crippen LogP contribution in [0.1, 0.15) is 32.5 Å². The van der Waals surface area contributed by atoms with Gasteiger partial charge in [-0.25, -0.2) is 0 Å². The Hall–Kier alpha value is -1.73. The smallest absolute Gasteiger partial charge is 0.323 e. The summed E-state index contributed by atoms with van der Waals surface area (Å²) in [7, 11) is 0. The highest BCUT2D eigenvalue weighted by Crippen LogP contribution is 2.20. The molecule has 0 aliphatic heterocycles. The van der Waals surface area contributed by atoms with E-state index in [1.165, 1.54) is 0 Å². The number of aromatic nitrogens is 2. The summed E-state index contributed by atoms with van der Waals surface area (Å²) in [5.74, 6) is 0.0336. The highest BCUT2D eigenvalue weighted by atomic mass is 32.1. The normalized spacial score (nSPS) is 14.1. The summed E-state index contributed by atoms with van der Waals surface area (Å²) in [6.45, 7) is 3.88. The van der Waals surface area contributed by atoms with Gasteiger partial charge in [0.05, 0.1) is 12.1 Å². The molecular weight excluding hydrogens is 278 g/mol. The molecule has 20 heavy (non-hydrogen) atoms. The molecule has 0 saturated heterocycles. The summed E-state index contributed by atoms with van der Waals surface area (Å²) in [4.78, 5) is 15.5. The van der Waals surface area contributed by atoms with E-state index in [0.29, 0.717) is 18.1 Å². The van der Waals surface area contributed by atoms with E-state index in [2.05, 4.69) is 15.5 Å². The zero-order valence-corrected chi connectivity index (χ0v) is 12.2. The molecule has 1 atom stereocenters. The number of thiophene rings is 1. The predicted molar refractivity (Wildman–Crippen MR) is 75.4 cm³/mol. The van der Waals surface area contributed by atoms with Crippen LogP contribution in [0.2, 0.25) is 0 Å². The first-order valence-corrected chi connectivity index (χ1v) is 7.33. The molecule has 0 bridgehead atoms. The second-order valence-corrected chi connectivity index (χ2v) is 5.55. The fourth-order valence-electron chi connectivity index (χ4n) is 1.87. The van der Waals surface area contributed by atoms with Crippen LogP contribution in [0.15, 0.2) is 21.3 Å². The fourth-order valence-corrected chi connectivity index (χ4v) is 2.50. The first-order valence-electron chi connectivity index (χ1n) is 6.39. The van der Waals surface area contributed by atoms with Crippen molar-refractivity contribution < 1.29 is 14.4 Å². The molecule has 0 aliphatic rings. The summed E-state index contributed by atoms with van der Waals surface area (Å²) >= 11 is 1.55. The number of nitrogens with zero attached hydrogens (tertiary/aromatic N) is 2. The Morgan fingerprint density at radius 2 is 2.40 bits per heavy atom. The van der Waals surface area contributed by atoms with Gasteiger partial charge in [-0.1, -0.05) is 18.5 Å². The molecule has 108 valence electrons. The number of carboxylic acid groups (broad SMARTS) is 1. The quantitative estimate of drug-likeness (QED) is 0.816. The van der Waals surface area contributed by atoms with Crippen molar-refractivity contribution in [2.75, 3.05) is 0 Å². The van der Waals surface area contributed by atoms with Crippen molar-refractivity contribution in [2.24, 2.45) is 0 Å². The van der Waals surface area contributed by atoms with Gasteiger partial charge in [-0.2, -0.15) is 16.3 Å². The lowest BCUT2D eigenvalue weighted by Crippen LogP contribution is -2.49. The first-order chi connectivity index (χ1) is 9.55. The number of rotatable bonds is 7. The minimum Gasteiger partial charge on any atom is -0.480 e. The Bertz CT molecular complexity index is 567. The number of aliphatic carboxylic acids is 1. The van der Waals surface area contributed by atoms with E-state index in [-0.39, 0.29) is 6.54 Å². The SMILES string of the molecule is CCCC(C)(NCc1noc(-c2ccsc2)n1)C(=O)O. The topological polar surface area (TPSA) is 88.3 Å². The van der Waals surface area contributed by atoms with Gasteiger partial charge < -0.3 is 9.63 Å². The lowest BCUT2D eigenvalue weighted by Gasteiger charge is -2.24. The number of hydrogen-bond donors (Lipinski definition) is 2. The third kappa shape index (κ3) is 3.23. The molecule has 2 aromatic rings. The van der Waals surface area contributed by atoms with Crippen molar-refractivity contribution in [3.05, 3.63) is 22.7 Å². The summed E-state index contributed by atoms with van der Waals surface area (Å²) in [6.07, 6.45) is 1.32. The van der Waals surface area contributed by atoms with Gasteiger partial charge in [0.2, 0.25) is 0 Å². The Morgan fingerprint density at radius 1 is 1.60 bits per heavy atom. The van der Waals surface area contributed by atoms with Gasteiger partial charge in [0.25, 0.3) is 5.89 Å². The van der Waals surface area contributed by atoms with E-state index >= 15 is 0 Å². The maximum Gasteiger partial charge on any atom is 0.323 e. The number of carboxylic acids is 1. The van der Waals surface area contributed by atoms with Gasteiger partial charge in [0.15, 0.2) is 5.82 Å². The highest BCUT2D eigenvalue weighted by Gasteiger charge is 2.31. The molecule has 0 amide bonds. The lowest BCUT2D eigenvalue weighted by atomic mass is 9.96. The van der Waals surface area contributed by atoms with Gasteiger partial charge in [-0.15, -0.1) is 0 Å². The third-order valence-electron chi connectivity index (χ3n) is 3.09. The standard InChI is InChI=1S/C13H17N3O3S/c1-3-5-13(2,12(17)18)14-7-10-15-11(19-16-10)9-4-6-20-8-9/h4,6,8,14H,3,5,7H2,1-2H3,(H,17,18). The van der Waals surface area contributed by atoms with Gasteiger partial charge in [-0.3, -0.25) is 10.1 Å². The van der Waals surface area contributed by atoms with E-state index in [1.807, 2.05) is 23.8 Å². The Kier molecular flexibility index (Phi) is 4.51. The van der Waals surface area contributed by atoms with Crippen molar-refractivity contribution in [1.82, 2.24) is 15.5 Å². The van der Waals surface area contributed by atoms with Gasteiger partial charge in [0.1, 0.15) is 5.54 Å². The molecule has 0 aliphatic carbocycles. The van der Waals surface area contributed by atoms with E-state index in [0.717, 1.165) is 12.0 Å². The molecule has 0 fully saturated rings. The van der Waals surface area contributed by atoms with Crippen LogP contribution in [-0.4, -0.2) is 26.8 Å².